The van der Waals surface area contributed by atoms with Crippen LogP contribution in [0.1, 0.15) is 55.2 Å². The number of nitrogens with two attached hydrogens (primary N) is 1. The molecule has 39 heavy (non-hydrogen) atoms. The second-order valence-corrected chi connectivity index (χ2v) is 10.3. The van der Waals surface area contributed by atoms with Crippen LogP contribution in [0.15, 0.2) is 36.3 Å². The van der Waals surface area contributed by atoms with E-state index in [-0.39, 0.29) is 12.5 Å². The molecule has 200 valence electrons. The third-order valence-electron chi connectivity index (χ3n) is 7.02. The molecule has 0 bridgehead atoms. The normalized spacial score (nSPS) is 13.3. The van der Waals surface area contributed by atoms with Gasteiger partial charge in [-0.25, -0.2) is 14.6 Å². The zero-order valence-corrected chi connectivity index (χ0v) is 23.5. The van der Waals surface area contributed by atoms with Gasteiger partial charge in [-0.05, 0) is 56.9 Å². The van der Waals surface area contributed by atoms with E-state index >= 15 is 0 Å². The standard InChI is InChI=1S/C29H31ClN8O/c1-6-39-27-20(17(3)38-29-25(22(36-38)11-12-31)28(32)34-15-35-29)13-21(30)16(2)24(27)19-9-10-23(33-14-19)26(37(4)5)18-7-8-18/h9-10,13-15,17H,6-8,11H2,1-5H3,(H2,32,34,35). The van der Waals surface area contributed by atoms with Crippen molar-refractivity contribution in [1.29, 1.82) is 5.26 Å². The summed E-state index contributed by atoms with van der Waals surface area (Å²) in [6.07, 6.45) is 5.63. The highest BCUT2D eigenvalue weighted by molar-refractivity contribution is 6.32. The summed E-state index contributed by atoms with van der Waals surface area (Å²) in [6, 6.07) is 7.88. The van der Waals surface area contributed by atoms with E-state index in [1.165, 1.54) is 17.6 Å². The van der Waals surface area contributed by atoms with E-state index in [1.54, 1.807) is 4.68 Å². The molecule has 9 nitrogen and oxygen atoms in total. The number of allylic oxidation sites excluding steroid dienone is 1. The molecule has 3 aromatic heterocycles. The first-order chi connectivity index (χ1) is 18.8. The SMILES string of the molecule is CCOc1c(C(C)n2nc(CC#N)c3c(N)ncnc32)cc(Cl)c(C)c1-c1ccc(C(=C2CC2)N(C)C)nc1. The number of halogens is 1. The fourth-order valence-corrected chi connectivity index (χ4v) is 5.29. The number of aromatic nitrogens is 5. The molecule has 0 saturated heterocycles. The summed E-state index contributed by atoms with van der Waals surface area (Å²) < 4.78 is 8.06. The number of pyridine rings is 1. The summed E-state index contributed by atoms with van der Waals surface area (Å²) in [5, 5.41) is 15.3. The molecule has 5 rings (SSSR count). The van der Waals surface area contributed by atoms with Crippen molar-refractivity contribution in [3.05, 3.63) is 63.8 Å². The maximum atomic E-state index is 9.37. The van der Waals surface area contributed by atoms with E-state index in [0.717, 1.165) is 40.8 Å². The molecular weight excluding hydrogens is 512 g/mol. The fourth-order valence-electron chi connectivity index (χ4n) is 5.08. The van der Waals surface area contributed by atoms with Crippen LogP contribution in [-0.2, 0) is 6.42 Å². The fraction of sp³-hybridized carbons (Fsp3) is 0.345. The van der Waals surface area contributed by atoms with Gasteiger partial charge in [-0.3, -0.25) is 4.98 Å². The molecule has 1 aliphatic carbocycles. The lowest BCUT2D eigenvalue weighted by Crippen LogP contribution is -2.13. The van der Waals surface area contributed by atoms with Crippen LogP contribution in [0, 0.1) is 18.3 Å². The predicted octanol–water partition coefficient (Wildman–Crippen LogP) is 5.57. The lowest BCUT2D eigenvalue weighted by Gasteiger charge is -2.23. The molecule has 1 aromatic carbocycles. The summed E-state index contributed by atoms with van der Waals surface area (Å²) in [5.41, 5.74) is 14.4. The molecule has 1 saturated carbocycles. The van der Waals surface area contributed by atoms with Crippen molar-refractivity contribution in [2.24, 2.45) is 0 Å². The molecule has 10 heteroatoms. The van der Waals surface area contributed by atoms with Crippen molar-refractivity contribution < 1.29 is 4.74 Å². The highest BCUT2D eigenvalue weighted by Gasteiger charge is 2.27. The van der Waals surface area contributed by atoms with Crippen LogP contribution in [0.3, 0.4) is 0 Å². The molecule has 0 amide bonds. The third-order valence-corrected chi connectivity index (χ3v) is 7.42. The third kappa shape index (κ3) is 4.77. The van der Waals surface area contributed by atoms with Crippen molar-refractivity contribution >= 4 is 34.1 Å². The van der Waals surface area contributed by atoms with E-state index < -0.39 is 0 Å². The smallest absolute Gasteiger partial charge is 0.164 e. The minimum Gasteiger partial charge on any atom is -0.493 e. The van der Waals surface area contributed by atoms with Crippen LogP contribution < -0.4 is 10.5 Å². The Morgan fingerprint density at radius 1 is 1.26 bits per heavy atom. The van der Waals surface area contributed by atoms with Gasteiger partial charge in [0.1, 0.15) is 17.9 Å². The Hall–Kier alpha value is -4.16. The Morgan fingerprint density at radius 3 is 2.64 bits per heavy atom. The van der Waals surface area contributed by atoms with Gasteiger partial charge in [0.25, 0.3) is 0 Å². The van der Waals surface area contributed by atoms with Crippen LogP contribution in [0.4, 0.5) is 5.82 Å². The summed E-state index contributed by atoms with van der Waals surface area (Å²) in [7, 11) is 4.11. The van der Waals surface area contributed by atoms with Crippen LogP contribution in [0.5, 0.6) is 5.75 Å². The van der Waals surface area contributed by atoms with E-state index in [2.05, 4.69) is 47.2 Å². The number of hydrogen-bond acceptors (Lipinski definition) is 8. The lowest BCUT2D eigenvalue weighted by atomic mass is 9.94. The van der Waals surface area contributed by atoms with Crippen molar-refractivity contribution in [1.82, 2.24) is 29.6 Å². The zero-order chi connectivity index (χ0) is 27.8. The summed E-state index contributed by atoms with van der Waals surface area (Å²) in [6.45, 7) is 6.41. The maximum absolute atomic E-state index is 9.37. The Bertz CT molecular complexity index is 1630. The van der Waals surface area contributed by atoms with Gasteiger partial charge in [-0.15, -0.1) is 0 Å². The van der Waals surface area contributed by atoms with E-state index in [0.29, 0.717) is 39.9 Å². The summed E-state index contributed by atoms with van der Waals surface area (Å²) >= 11 is 6.84. The Morgan fingerprint density at radius 2 is 2.03 bits per heavy atom. The second kappa shape index (κ2) is 10.5. The molecule has 0 aliphatic heterocycles. The summed E-state index contributed by atoms with van der Waals surface area (Å²) in [4.78, 5) is 15.5. The monoisotopic (exact) mass is 542 g/mol. The second-order valence-electron chi connectivity index (χ2n) is 9.85. The van der Waals surface area contributed by atoms with E-state index in [4.69, 9.17) is 32.2 Å². The quantitative estimate of drug-likeness (QED) is 0.307. The number of rotatable bonds is 8. The number of nitriles is 1. The van der Waals surface area contributed by atoms with Crippen LogP contribution in [0.2, 0.25) is 5.02 Å². The average molecular weight is 543 g/mol. The number of anilines is 1. The topological polar surface area (TPSA) is 119 Å². The van der Waals surface area contributed by atoms with Gasteiger partial charge in [0.05, 0.1) is 47.6 Å². The average Bonchev–Trinajstić information content (AvgIpc) is 3.67. The van der Waals surface area contributed by atoms with Crippen molar-refractivity contribution in [3.8, 4) is 22.9 Å². The number of benzene rings is 1. The minimum atomic E-state index is -0.334. The number of nitrogen functional groups attached to an aromatic ring is 1. The van der Waals surface area contributed by atoms with Gasteiger partial charge in [0.15, 0.2) is 5.65 Å². The van der Waals surface area contributed by atoms with Crippen LogP contribution in [-0.4, -0.2) is 50.3 Å². The van der Waals surface area contributed by atoms with Crippen molar-refractivity contribution in [2.45, 2.75) is 46.1 Å². The van der Waals surface area contributed by atoms with Crippen molar-refractivity contribution in [3.63, 3.8) is 0 Å². The first-order valence-corrected chi connectivity index (χ1v) is 13.3. The summed E-state index contributed by atoms with van der Waals surface area (Å²) in [5.74, 6) is 1.00. The Labute approximate surface area is 232 Å². The number of fused-ring (bicyclic) bond motifs is 1. The van der Waals surface area contributed by atoms with Gasteiger partial charge < -0.3 is 15.4 Å². The van der Waals surface area contributed by atoms with Gasteiger partial charge >= 0.3 is 0 Å². The molecule has 1 unspecified atom stereocenters. The molecule has 1 fully saturated rings. The van der Waals surface area contributed by atoms with Crippen molar-refractivity contribution in [2.75, 3.05) is 26.4 Å². The molecular formula is C29H31ClN8O. The zero-order valence-electron chi connectivity index (χ0n) is 22.8. The molecule has 4 aromatic rings. The molecule has 1 atom stereocenters. The van der Waals surface area contributed by atoms with Crippen LogP contribution in [0.25, 0.3) is 27.9 Å². The van der Waals surface area contributed by atoms with E-state index in [9.17, 15) is 5.26 Å². The minimum absolute atomic E-state index is 0.0924. The predicted molar refractivity (Wildman–Crippen MR) is 153 cm³/mol. The number of nitrogens with zero attached hydrogens (tertiary/aromatic N) is 7. The number of ether oxygens (including phenoxy) is 1. The molecule has 0 radical (unpaired) electrons. The highest BCUT2D eigenvalue weighted by atomic mass is 35.5. The largest absolute Gasteiger partial charge is 0.493 e. The number of hydrogen-bond donors (Lipinski definition) is 1. The maximum Gasteiger partial charge on any atom is 0.164 e. The van der Waals surface area contributed by atoms with Gasteiger partial charge in [0, 0.05) is 42.0 Å². The molecule has 2 N–H and O–H groups in total. The first-order valence-electron chi connectivity index (χ1n) is 12.9. The lowest BCUT2D eigenvalue weighted by molar-refractivity contribution is 0.333. The van der Waals surface area contributed by atoms with Crippen LogP contribution >= 0.6 is 11.6 Å². The van der Waals surface area contributed by atoms with Gasteiger partial charge in [-0.1, -0.05) is 17.7 Å². The Balaban J connectivity index is 1.66. The molecule has 3 heterocycles. The van der Waals surface area contributed by atoms with Gasteiger partial charge in [0.2, 0.25) is 0 Å². The molecule has 1 aliphatic rings. The van der Waals surface area contributed by atoms with E-state index in [1.807, 2.05) is 33.0 Å². The first kappa shape index (κ1) is 26.4. The molecule has 0 spiro atoms. The Kier molecular flexibility index (Phi) is 7.15. The highest BCUT2D eigenvalue weighted by Crippen LogP contribution is 2.44. The van der Waals surface area contributed by atoms with Gasteiger partial charge in [-0.2, -0.15) is 10.4 Å².